The minimum absolute atomic E-state index is 0.0755. The van der Waals surface area contributed by atoms with E-state index < -0.39 is 33.2 Å². The predicted molar refractivity (Wildman–Crippen MR) is 73.5 cm³/mol. The van der Waals surface area contributed by atoms with Crippen molar-refractivity contribution < 1.29 is 22.3 Å². The van der Waals surface area contributed by atoms with Gasteiger partial charge in [-0.3, -0.25) is 4.72 Å². The van der Waals surface area contributed by atoms with Crippen LogP contribution in [0.15, 0.2) is 30.5 Å². The average molecular weight is 335 g/mol. The lowest BCUT2D eigenvalue weighted by Crippen LogP contribution is -2.16. The van der Waals surface area contributed by atoms with Crippen LogP contribution in [0.5, 0.6) is 5.75 Å². The Kier molecular flexibility index (Phi) is 4.29. The number of hydrogen-bond acceptors (Lipinski definition) is 4. The topological polar surface area (TPSA) is 79.3 Å². The highest BCUT2D eigenvalue weighted by atomic mass is 35.5. The summed E-state index contributed by atoms with van der Waals surface area (Å²) in [6.07, 6.45) is 1.14. The SMILES string of the molecule is O=S(=O)(Cc1cc(F)cc(F)c1)Nc1ncc(Cl)cc1O. The first-order chi connectivity index (χ1) is 9.75. The minimum Gasteiger partial charge on any atom is -0.504 e. The minimum atomic E-state index is -4.01. The first-order valence-corrected chi connectivity index (χ1v) is 7.58. The van der Waals surface area contributed by atoms with E-state index in [1.165, 1.54) is 0 Å². The van der Waals surface area contributed by atoms with Crippen LogP contribution in [0.3, 0.4) is 0 Å². The molecule has 0 bridgehead atoms. The normalized spacial score (nSPS) is 11.4. The summed E-state index contributed by atoms with van der Waals surface area (Å²) in [5, 5.41) is 9.64. The second-order valence-corrected chi connectivity index (χ2v) is 6.32. The number of aromatic hydroxyl groups is 1. The molecule has 2 N–H and O–H groups in total. The molecule has 5 nitrogen and oxygen atoms in total. The molecule has 21 heavy (non-hydrogen) atoms. The summed E-state index contributed by atoms with van der Waals surface area (Å²) in [5.74, 6) is -3.22. The number of aromatic nitrogens is 1. The number of anilines is 1. The highest BCUT2D eigenvalue weighted by molar-refractivity contribution is 7.91. The summed E-state index contributed by atoms with van der Waals surface area (Å²) < 4.78 is 51.8. The van der Waals surface area contributed by atoms with Gasteiger partial charge in [0.05, 0.1) is 10.8 Å². The summed E-state index contributed by atoms with van der Waals surface area (Å²) in [7, 11) is -4.01. The van der Waals surface area contributed by atoms with Crippen LogP contribution in [0.25, 0.3) is 0 Å². The molecule has 0 fully saturated rings. The lowest BCUT2D eigenvalue weighted by atomic mass is 10.2. The van der Waals surface area contributed by atoms with E-state index in [4.69, 9.17) is 11.6 Å². The van der Waals surface area contributed by atoms with Crippen molar-refractivity contribution in [1.29, 1.82) is 0 Å². The van der Waals surface area contributed by atoms with Gasteiger partial charge in [-0.15, -0.1) is 0 Å². The molecule has 0 radical (unpaired) electrons. The third-order valence-electron chi connectivity index (χ3n) is 2.37. The highest BCUT2D eigenvalue weighted by Gasteiger charge is 2.16. The maximum Gasteiger partial charge on any atom is 0.238 e. The average Bonchev–Trinajstić information content (AvgIpc) is 2.30. The van der Waals surface area contributed by atoms with Gasteiger partial charge in [0.15, 0.2) is 11.6 Å². The zero-order valence-electron chi connectivity index (χ0n) is 10.3. The summed E-state index contributed by atoms with van der Waals surface area (Å²) in [5.41, 5.74) is -0.0755. The quantitative estimate of drug-likeness (QED) is 0.901. The molecule has 2 rings (SSSR count). The predicted octanol–water partition coefficient (Wildman–Crippen LogP) is 2.66. The molecule has 1 aromatic carbocycles. The number of benzene rings is 1. The van der Waals surface area contributed by atoms with Crippen LogP contribution < -0.4 is 4.72 Å². The molecule has 0 saturated carbocycles. The summed E-state index contributed by atoms with van der Waals surface area (Å²) >= 11 is 5.57. The maximum absolute atomic E-state index is 13.0. The fourth-order valence-corrected chi connectivity index (χ4v) is 2.89. The number of rotatable bonds is 4. The van der Waals surface area contributed by atoms with Crippen molar-refractivity contribution in [2.75, 3.05) is 4.72 Å². The van der Waals surface area contributed by atoms with Crippen LogP contribution in [0, 0.1) is 11.6 Å². The van der Waals surface area contributed by atoms with E-state index in [0.29, 0.717) is 6.07 Å². The Bertz CT molecular complexity index is 764. The summed E-state index contributed by atoms with van der Waals surface area (Å²) in [4.78, 5) is 3.62. The van der Waals surface area contributed by atoms with Crippen LogP contribution in [-0.2, 0) is 15.8 Å². The maximum atomic E-state index is 13.0. The van der Waals surface area contributed by atoms with Gasteiger partial charge in [0.25, 0.3) is 0 Å². The Labute approximate surface area is 124 Å². The molecule has 0 aliphatic rings. The Morgan fingerprint density at radius 1 is 1.19 bits per heavy atom. The Balaban J connectivity index is 2.22. The zero-order chi connectivity index (χ0) is 15.6. The van der Waals surface area contributed by atoms with Gasteiger partial charge in [-0.05, 0) is 17.7 Å². The van der Waals surface area contributed by atoms with Gasteiger partial charge in [0, 0.05) is 18.3 Å². The molecule has 0 saturated heterocycles. The Hall–Kier alpha value is -1.93. The molecular formula is C12H9ClF2N2O3S. The van der Waals surface area contributed by atoms with E-state index in [1.807, 2.05) is 4.72 Å². The van der Waals surface area contributed by atoms with Crippen molar-refractivity contribution in [2.45, 2.75) is 5.75 Å². The second kappa shape index (κ2) is 5.82. The van der Waals surface area contributed by atoms with Gasteiger partial charge in [0.1, 0.15) is 11.6 Å². The zero-order valence-corrected chi connectivity index (χ0v) is 11.9. The summed E-state index contributed by atoms with van der Waals surface area (Å²) in [6.45, 7) is 0. The molecular weight excluding hydrogens is 326 g/mol. The number of halogens is 3. The van der Waals surface area contributed by atoms with Gasteiger partial charge in [-0.2, -0.15) is 0 Å². The second-order valence-electron chi connectivity index (χ2n) is 4.16. The first-order valence-electron chi connectivity index (χ1n) is 5.55. The monoisotopic (exact) mass is 334 g/mol. The number of pyridine rings is 1. The molecule has 112 valence electrons. The lowest BCUT2D eigenvalue weighted by Gasteiger charge is -2.09. The third-order valence-corrected chi connectivity index (χ3v) is 3.79. The molecule has 0 unspecified atom stereocenters. The number of nitrogens with zero attached hydrogens (tertiary/aromatic N) is 1. The molecule has 9 heteroatoms. The van der Waals surface area contributed by atoms with Crippen molar-refractivity contribution in [1.82, 2.24) is 4.98 Å². The van der Waals surface area contributed by atoms with Crippen LogP contribution in [-0.4, -0.2) is 18.5 Å². The molecule has 1 heterocycles. The fourth-order valence-electron chi connectivity index (χ4n) is 1.60. The number of hydrogen-bond donors (Lipinski definition) is 2. The van der Waals surface area contributed by atoms with Gasteiger partial charge in [-0.1, -0.05) is 11.6 Å². The Morgan fingerprint density at radius 3 is 2.38 bits per heavy atom. The smallest absolute Gasteiger partial charge is 0.238 e. The van der Waals surface area contributed by atoms with Crippen molar-refractivity contribution in [3.8, 4) is 5.75 Å². The highest BCUT2D eigenvalue weighted by Crippen LogP contribution is 2.25. The first kappa shape index (κ1) is 15.5. The van der Waals surface area contributed by atoms with E-state index in [-0.39, 0.29) is 16.4 Å². The molecule has 0 spiro atoms. The van der Waals surface area contributed by atoms with Gasteiger partial charge >= 0.3 is 0 Å². The number of sulfonamides is 1. The van der Waals surface area contributed by atoms with E-state index in [2.05, 4.69) is 4.98 Å². The van der Waals surface area contributed by atoms with Crippen molar-refractivity contribution in [3.63, 3.8) is 0 Å². The molecule has 0 amide bonds. The third kappa shape index (κ3) is 4.27. The van der Waals surface area contributed by atoms with E-state index >= 15 is 0 Å². The largest absolute Gasteiger partial charge is 0.504 e. The van der Waals surface area contributed by atoms with Gasteiger partial charge in [0.2, 0.25) is 10.0 Å². The van der Waals surface area contributed by atoms with E-state index in [1.54, 1.807) is 0 Å². The van der Waals surface area contributed by atoms with Crippen LogP contribution in [0.1, 0.15) is 5.56 Å². The Morgan fingerprint density at radius 2 is 1.81 bits per heavy atom. The van der Waals surface area contributed by atoms with Crippen molar-refractivity contribution in [2.24, 2.45) is 0 Å². The fraction of sp³-hybridized carbons (Fsp3) is 0.0833. The van der Waals surface area contributed by atoms with Gasteiger partial charge < -0.3 is 5.11 Å². The molecule has 0 atom stereocenters. The van der Waals surface area contributed by atoms with Crippen LogP contribution >= 0.6 is 11.6 Å². The molecule has 0 aliphatic heterocycles. The molecule has 1 aromatic heterocycles. The summed E-state index contributed by atoms with van der Waals surface area (Å²) in [6, 6.07) is 3.54. The number of nitrogens with one attached hydrogen (secondary N) is 1. The standard InChI is InChI=1S/C12H9ClF2N2O3S/c13-8-3-11(18)12(16-5-8)17-21(19,20)6-7-1-9(14)4-10(15)2-7/h1-5,18H,6H2,(H,16,17). The lowest BCUT2D eigenvalue weighted by molar-refractivity contribution is 0.475. The van der Waals surface area contributed by atoms with E-state index in [0.717, 1.165) is 24.4 Å². The van der Waals surface area contributed by atoms with Crippen LogP contribution in [0.2, 0.25) is 5.02 Å². The van der Waals surface area contributed by atoms with Crippen LogP contribution in [0.4, 0.5) is 14.6 Å². The van der Waals surface area contributed by atoms with Crippen molar-refractivity contribution >= 4 is 27.4 Å². The molecule has 2 aromatic rings. The molecule has 0 aliphatic carbocycles. The van der Waals surface area contributed by atoms with E-state index in [9.17, 15) is 22.3 Å². The van der Waals surface area contributed by atoms with Gasteiger partial charge in [-0.25, -0.2) is 22.2 Å². The van der Waals surface area contributed by atoms with Crippen molar-refractivity contribution in [3.05, 3.63) is 52.7 Å².